The van der Waals surface area contributed by atoms with Crippen molar-refractivity contribution >= 4 is 10.9 Å². The highest BCUT2D eigenvalue weighted by molar-refractivity contribution is 5.78. The second-order valence-corrected chi connectivity index (χ2v) is 4.13. The van der Waals surface area contributed by atoms with Crippen molar-refractivity contribution in [2.75, 3.05) is 13.1 Å². The Hall–Kier alpha value is -1.35. The molecular formula is C12H15N3. The van der Waals surface area contributed by atoms with Crippen LogP contribution in [-0.4, -0.2) is 22.9 Å². The van der Waals surface area contributed by atoms with E-state index in [1.807, 2.05) is 6.20 Å². The maximum absolute atomic E-state index is 4.51. The number of rotatable bonds is 1. The molecule has 3 heteroatoms. The topological polar surface area (TPSA) is 29.9 Å². The van der Waals surface area contributed by atoms with Crippen LogP contribution in [0.25, 0.3) is 10.9 Å². The summed E-state index contributed by atoms with van der Waals surface area (Å²) in [7, 11) is 0. The van der Waals surface area contributed by atoms with E-state index in [2.05, 4.69) is 39.4 Å². The van der Waals surface area contributed by atoms with Crippen molar-refractivity contribution in [1.29, 1.82) is 0 Å². The van der Waals surface area contributed by atoms with Gasteiger partial charge in [-0.2, -0.15) is 5.10 Å². The third-order valence-electron chi connectivity index (χ3n) is 3.16. The molecule has 78 valence electrons. The van der Waals surface area contributed by atoms with Gasteiger partial charge in [0.2, 0.25) is 0 Å². The number of piperidine rings is 1. The predicted molar refractivity (Wildman–Crippen MR) is 60.9 cm³/mol. The molecule has 1 aliphatic rings. The molecule has 0 amide bonds. The molecule has 0 unspecified atom stereocenters. The molecule has 3 nitrogen and oxygen atoms in total. The largest absolute Gasteiger partial charge is 0.317 e. The van der Waals surface area contributed by atoms with Gasteiger partial charge in [-0.25, -0.2) is 0 Å². The highest BCUT2D eigenvalue weighted by Crippen LogP contribution is 2.23. The van der Waals surface area contributed by atoms with E-state index in [4.69, 9.17) is 0 Å². The van der Waals surface area contributed by atoms with Crippen molar-refractivity contribution in [2.24, 2.45) is 0 Å². The van der Waals surface area contributed by atoms with E-state index in [1.54, 1.807) is 0 Å². The fourth-order valence-electron chi connectivity index (χ4n) is 2.33. The Balaban J connectivity index is 2.02. The summed E-state index contributed by atoms with van der Waals surface area (Å²) >= 11 is 0. The van der Waals surface area contributed by atoms with Crippen LogP contribution in [0.5, 0.6) is 0 Å². The van der Waals surface area contributed by atoms with Crippen molar-refractivity contribution in [2.45, 2.75) is 18.9 Å². The summed E-state index contributed by atoms with van der Waals surface area (Å²) in [4.78, 5) is 0. The van der Waals surface area contributed by atoms with Gasteiger partial charge in [-0.15, -0.1) is 0 Å². The molecular weight excluding hydrogens is 186 g/mol. The molecule has 1 fully saturated rings. The number of nitrogens with one attached hydrogen (secondary N) is 1. The van der Waals surface area contributed by atoms with Crippen LogP contribution in [-0.2, 0) is 0 Å². The van der Waals surface area contributed by atoms with Gasteiger partial charge < -0.3 is 5.32 Å². The van der Waals surface area contributed by atoms with Crippen LogP contribution >= 0.6 is 0 Å². The third-order valence-corrected chi connectivity index (χ3v) is 3.16. The summed E-state index contributed by atoms with van der Waals surface area (Å²) in [5.74, 6) is 0. The quantitative estimate of drug-likeness (QED) is 0.764. The second kappa shape index (κ2) is 3.66. The first kappa shape index (κ1) is 8.92. The van der Waals surface area contributed by atoms with Crippen LogP contribution in [0.15, 0.2) is 30.5 Å². The van der Waals surface area contributed by atoms with Gasteiger partial charge in [0.05, 0.1) is 17.8 Å². The minimum atomic E-state index is 0.575. The number of hydrogen-bond acceptors (Lipinski definition) is 2. The first-order chi connectivity index (χ1) is 7.45. The van der Waals surface area contributed by atoms with Crippen LogP contribution in [0.3, 0.4) is 0 Å². The first-order valence-corrected chi connectivity index (χ1v) is 5.58. The molecule has 1 saturated heterocycles. The van der Waals surface area contributed by atoms with Gasteiger partial charge in [-0.3, -0.25) is 4.68 Å². The zero-order valence-electron chi connectivity index (χ0n) is 8.69. The Morgan fingerprint density at radius 3 is 2.87 bits per heavy atom. The van der Waals surface area contributed by atoms with Gasteiger partial charge in [0, 0.05) is 5.39 Å². The van der Waals surface area contributed by atoms with E-state index in [-0.39, 0.29) is 0 Å². The van der Waals surface area contributed by atoms with Gasteiger partial charge in [0.25, 0.3) is 0 Å². The highest BCUT2D eigenvalue weighted by Gasteiger charge is 2.16. The Labute approximate surface area is 89.1 Å². The summed E-state index contributed by atoms with van der Waals surface area (Å²) in [5.41, 5.74) is 1.27. The monoisotopic (exact) mass is 201 g/mol. The van der Waals surface area contributed by atoms with Crippen LogP contribution < -0.4 is 5.32 Å². The fraction of sp³-hybridized carbons (Fsp3) is 0.417. The van der Waals surface area contributed by atoms with Crippen molar-refractivity contribution in [1.82, 2.24) is 15.1 Å². The number of aromatic nitrogens is 2. The number of fused-ring (bicyclic) bond motifs is 1. The number of para-hydroxylation sites is 1. The molecule has 2 aromatic rings. The minimum Gasteiger partial charge on any atom is -0.317 e. The van der Waals surface area contributed by atoms with Crippen molar-refractivity contribution in [3.05, 3.63) is 30.5 Å². The van der Waals surface area contributed by atoms with Gasteiger partial charge >= 0.3 is 0 Å². The van der Waals surface area contributed by atoms with Crippen molar-refractivity contribution < 1.29 is 0 Å². The molecule has 1 aromatic heterocycles. The number of hydrogen-bond donors (Lipinski definition) is 1. The lowest BCUT2D eigenvalue weighted by molar-refractivity contribution is 0.351. The van der Waals surface area contributed by atoms with E-state index in [9.17, 15) is 0 Å². The smallest absolute Gasteiger partial charge is 0.0685 e. The lowest BCUT2D eigenvalue weighted by Crippen LogP contribution is -2.29. The van der Waals surface area contributed by atoms with Crippen molar-refractivity contribution in [3.63, 3.8) is 0 Å². The summed E-state index contributed by atoms with van der Waals surface area (Å²) in [5, 5.41) is 9.14. The zero-order chi connectivity index (χ0) is 10.1. The minimum absolute atomic E-state index is 0.575. The fourth-order valence-corrected chi connectivity index (χ4v) is 2.33. The van der Waals surface area contributed by atoms with Crippen LogP contribution in [0.2, 0.25) is 0 Å². The average molecular weight is 201 g/mol. The summed E-state index contributed by atoms with van der Waals surface area (Å²) in [6.45, 7) is 2.22. The Morgan fingerprint density at radius 2 is 2.00 bits per heavy atom. The standard InChI is InChI=1S/C12H15N3/c1-2-4-12-10(3-1)9-14-15(12)11-5-7-13-8-6-11/h1-4,9,11,13H,5-8H2. The molecule has 0 saturated carbocycles. The summed E-state index contributed by atoms with van der Waals surface area (Å²) < 4.78 is 2.19. The molecule has 1 aliphatic heterocycles. The zero-order valence-corrected chi connectivity index (χ0v) is 8.69. The lowest BCUT2D eigenvalue weighted by Gasteiger charge is -2.23. The van der Waals surface area contributed by atoms with Gasteiger partial charge in [-0.05, 0) is 32.0 Å². The Morgan fingerprint density at radius 1 is 1.20 bits per heavy atom. The molecule has 0 aliphatic carbocycles. The number of nitrogens with zero attached hydrogens (tertiary/aromatic N) is 2. The molecule has 1 aromatic carbocycles. The Bertz CT molecular complexity index is 455. The average Bonchev–Trinajstić information content (AvgIpc) is 2.74. The van der Waals surface area contributed by atoms with Gasteiger partial charge in [0.1, 0.15) is 0 Å². The highest BCUT2D eigenvalue weighted by atomic mass is 15.3. The SMILES string of the molecule is c1ccc2c(c1)cnn2C1CCNCC1. The Kier molecular flexibility index (Phi) is 2.18. The van der Waals surface area contributed by atoms with E-state index >= 15 is 0 Å². The summed E-state index contributed by atoms with van der Waals surface area (Å²) in [6.07, 6.45) is 4.34. The molecule has 1 N–H and O–H groups in total. The molecule has 0 spiro atoms. The molecule has 2 heterocycles. The lowest BCUT2D eigenvalue weighted by atomic mass is 10.1. The normalized spacial score (nSPS) is 18.4. The van der Waals surface area contributed by atoms with Gasteiger partial charge in [0.15, 0.2) is 0 Å². The van der Waals surface area contributed by atoms with Crippen LogP contribution in [0.1, 0.15) is 18.9 Å². The third kappa shape index (κ3) is 1.53. The summed E-state index contributed by atoms with van der Waals surface area (Å²) in [6, 6.07) is 9.01. The van der Waals surface area contributed by atoms with E-state index in [0.29, 0.717) is 6.04 Å². The van der Waals surface area contributed by atoms with Gasteiger partial charge in [-0.1, -0.05) is 18.2 Å². The molecule has 0 bridgehead atoms. The predicted octanol–water partition coefficient (Wildman–Crippen LogP) is 1.96. The van der Waals surface area contributed by atoms with E-state index < -0.39 is 0 Å². The molecule has 15 heavy (non-hydrogen) atoms. The second-order valence-electron chi connectivity index (χ2n) is 4.13. The number of benzene rings is 1. The van der Waals surface area contributed by atoms with E-state index in [0.717, 1.165) is 13.1 Å². The van der Waals surface area contributed by atoms with Crippen LogP contribution in [0.4, 0.5) is 0 Å². The molecule has 3 rings (SSSR count). The molecule has 0 radical (unpaired) electrons. The molecule has 0 atom stereocenters. The maximum atomic E-state index is 4.51. The first-order valence-electron chi connectivity index (χ1n) is 5.58. The van der Waals surface area contributed by atoms with Crippen molar-refractivity contribution in [3.8, 4) is 0 Å². The maximum Gasteiger partial charge on any atom is 0.0685 e. The van der Waals surface area contributed by atoms with Crippen LogP contribution in [0, 0.1) is 0 Å². The van der Waals surface area contributed by atoms with E-state index in [1.165, 1.54) is 23.7 Å².